The SMILES string of the molecule is O=C(CC1=CCc2ncc3nc(C4CCCCC4)cn3c21)NCc1cccnc1. The van der Waals surface area contributed by atoms with Crippen LogP contribution in [0.15, 0.2) is 43.0 Å². The van der Waals surface area contributed by atoms with E-state index in [-0.39, 0.29) is 5.91 Å². The number of nitrogens with one attached hydrogen (secondary N) is 1. The second-order valence-corrected chi connectivity index (χ2v) is 8.03. The first-order valence-electron chi connectivity index (χ1n) is 10.5. The molecule has 3 heterocycles. The van der Waals surface area contributed by atoms with Crippen molar-refractivity contribution in [3.63, 3.8) is 0 Å². The van der Waals surface area contributed by atoms with E-state index < -0.39 is 0 Å². The molecule has 5 rings (SSSR count). The zero-order valence-corrected chi connectivity index (χ0v) is 16.5. The number of carbonyl (C=O) groups excluding carboxylic acids is 1. The monoisotopic (exact) mass is 387 g/mol. The number of hydrogen-bond donors (Lipinski definition) is 1. The molecule has 3 aromatic rings. The van der Waals surface area contributed by atoms with Gasteiger partial charge in [-0.1, -0.05) is 31.4 Å². The topological polar surface area (TPSA) is 72.2 Å². The molecule has 1 amide bonds. The highest BCUT2D eigenvalue weighted by atomic mass is 16.1. The zero-order valence-electron chi connectivity index (χ0n) is 16.5. The van der Waals surface area contributed by atoms with Gasteiger partial charge in [0, 0.05) is 37.5 Å². The number of carbonyl (C=O) groups is 1. The number of fused-ring (bicyclic) bond motifs is 3. The number of amides is 1. The van der Waals surface area contributed by atoms with Crippen LogP contribution in [-0.4, -0.2) is 25.3 Å². The van der Waals surface area contributed by atoms with E-state index in [1.165, 1.54) is 37.8 Å². The van der Waals surface area contributed by atoms with E-state index >= 15 is 0 Å². The standard InChI is InChI=1S/C23H25N5O/c29-22(26-13-16-5-4-10-24-12-16)11-18-8-9-19-23(18)28-15-20(27-21(28)14-25-19)17-6-2-1-3-7-17/h4-5,8,10,12,14-15,17H,1-3,6-7,9,11,13H2,(H,26,29). The molecule has 6 heteroatoms. The van der Waals surface area contributed by atoms with Gasteiger partial charge in [0.05, 0.1) is 29.7 Å². The number of hydrogen-bond acceptors (Lipinski definition) is 4. The Kier molecular flexibility index (Phi) is 4.84. The van der Waals surface area contributed by atoms with Crippen molar-refractivity contribution >= 4 is 17.1 Å². The number of rotatable bonds is 5. The third-order valence-corrected chi connectivity index (χ3v) is 6.03. The predicted molar refractivity (Wildman–Crippen MR) is 111 cm³/mol. The summed E-state index contributed by atoms with van der Waals surface area (Å²) in [6, 6.07) is 3.84. The summed E-state index contributed by atoms with van der Waals surface area (Å²) >= 11 is 0. The number of aromatic nitrogens is 4. The average Bonchev–Trinajstić information content (AvgIpc) is 3.37. The Morgan fingerprint density at radius 3 is 2.93 bits per heavy atom. The molecule has 1 saturated carbocycles. The van der Waals surface area contributed by atoms with Gasteiger partial charge >= 0.3 is 0 Å². The Morgan fingerprint density at radius 1 is 1.21 bits per heavy atom. The lowest BCUT2D eigenvalue weighted by Gasteiger charge is -2.19. The van der Waals surface area contributed by atoms with Crippen molar-refractivity contribution in [1.82, 2.24) is 24.7 Å². The first-order valence-corrected chi connectivity index (χ1v) is 10.5. The molecule has 1 N–H and O–H groups in total. The van der Waals surface area contributed by atoms with Gasteiger partial charge in [0.25, 0.3) is 0 Å². The highest BCUT2D eigenvalue weighted by Crippen LogP contribution is 2.34. The quantitative estimate of drug-likeness (QED) is 0.722. The highest BCUT2D eigenvalue weighted by molar-refractivity contribution is 5.90. The molecule has 6 nitrogen and oxygen atoms in total. The molecule has 2 aliphatic rings. The van der Waals surface area contributed by atoms with Gasteiger partial charge in [0.2, 0.25) is 5.91 Å². The van der Waals surface area contributed by atoms with Gasteiger partial charge in [-0.3, -0.25) is 19.2 Å². The number of nitrogens with zero attached hydrogens (tertiary/aromatic N) is 4. The Hall–Kier alpha value is -3.02. The molecule has 1 fully saturated rings. The van der Waals surface area contributed by atoms with Gasteiger partial charge in [-0.15, -0.1) is 0 Å². The zero-order chi connectivity index (χ0) is 19.6. The Morgan fingerprint density at radius 2 is 2.10 bits per heavy atom. The summed E-state index contributed by atoms with van der Waals surface area (Å²) < 4.78 is 2.15. The Bertz CT molecular complexity index is 1060. The molecule has 0 aromatic carbocycles. The van der Waals surface area contributed by atoms with Gasteiger partial charge in [0.15, 0.2) is 5.65 Å². The van der Waals surface area contributed by atoms with Crippen molar-refractivity contribution in [2.75, 3.05) is 0 Å². The molecule has 2 aliphatic carbocycles. The first kappa shape index (κ1) is 18.0. The van der Waals surface area contributed by atoms with Crippen LogP contribution in [0.4, 0.5) is 0 Å². The highest BCUT2D eigenvalue weighted by Gasteiger charge is 2.24. The van der Waals surface area contributed by atoms with Crippen molar-refractivity contribution in [1.29, 1.82) is 0 Å². The van der Waals surface area contributed by atoms with Crippen molar-refractivity contribution < 1.29 is 4.79 Å². The molecule has 0 spiro atoms. The van der Waals surface area contributed by atoms with Crippen molar-refractivity contribution in [3.8, 4) is 0 Å². The van der Waals surface area contributed by atoms with Crippen LogP contribution in [0.5, 0.6) is 0 Å². The summed E-state index contributed by atoms with van der Waals surface area (Å²) in [5, 5.41) is 3.00. The van der Waals surface area contributed by atoms with Gasteiger partial charge in [-0.25, -0.2) is 4.98 Å². The number of allylic oxidation sites excluding steroid dienone is 1. The fourth-order valence-corrected chi connectivity index (χ4v) is 4.52. The summed E-state index contributed by atoms with van der Waals surface area (Å²) in [6.07, 6.45) is 17.2. The summed E-state index contributed by atoms with van der Waals surface area (Å²) in [5.41, 5.74) is 6.17. The molecule has 0 radical (unpaired) electrons. The third kappa shape index (κ3) is 3.67. The molecule has 3 aromatic heterocycles. The maximum Gasteiger partial charge on any atom is 0.224 e. The third-order valence-electron chi connectivity index (χ3n) is 6.03. The minimum atomic E-state index is 0.0116. The molecular weight excluding hydrogens is 362 g/mol. The van der Waals surface area contributed by atoms with Crippen LogP contribution in [-0.2, 0) is 17.8 Å². The van der Waals surface area contributed by atoms with Crippen molar-refractivity contribution in [3.05, 3.63) is 65.6 Å². The van der Waals surface area contributed by atoms with Gasteiger partial charge in [-0.05, 0) is 30.0 Å². The Labute approximate surface area is 170 Å². The van der Waals surface area contributed by atoms with Crippen LogP contribution in [0.1, 0.15) is 67.1 Å². The van der Waals surface area contributed by atoms with E-state index in [1.807, 2.05) is 18.3 Å². The minimum absolute atomic E-state index is 0.0116. The lowest BCUT2D eigenvalue weighted by atomic mass is 9.87. The van der Waals surface area contributed by atoms with E-state index in [2.05, 4.69) is 32.0 Å². The van der Waals surface area contributed by atoms with Gasteiger partial charge < -0.3 is 5.32 Å². The molecular formula is C23H25N5O. The predicted octanol–water partition coefficient (Wildman–Crippen LogP) is 3.82. The van der Waals surface area contributed by atoms with Gasteiger partial charge in [-0.2, -0.15) is 0 Å². The minimum Gasteiger partial charge on any atom is -0.352 e. The van der Waals surface area contributed by atoms with Crippen LogP contribution < -0.4 is 5.32 Å². The smallest absolute Gasteiger partial charge is 0.224 e. The summed E-state index contributed by atoms with van der Waals surface area (Å²) in [7, 11) is 0. The maximum atomic E-state index is 12.6. The van der Waals surface area contributed by atoms with Gasteiger partial charge in [0.1, 0.15) is 0 Å². The van der Waals surface area contributed by atoms with Crippen LogP contribution in [0.3, 0.4) is 0 Å². The molecule has 0 atom stereocenters. The van der Waals surface area contributed by atoms with Crippen molar-refractivity contribution in [2.24, 2.45) is 0 Å². The molecule has 0 aliphatic heterocycles. The average molecular weight is 387 g/mol. The Balaban J connectivity index is 1.35. The fraction of sp³-hybridized carbons (Fsp3) is 0.391. The number of imidazole rings is 1. The van der Waals surface area contributed by atoms with E-state index in [4.69, 9.17) is 4.98 Å². The molecule has 0 saturated heterocycles. The van der Waals surface area contributed by atoms with Crippen LogP contribution in [0, 0.1) is 0 Å². The van der Waals surface area contributed by atoms with Crippen LogP contribution in [0.25, 0.3) is 11.2 Å². The number of pyridine rings is 1. The van der Waals surface area contributed by atoms with E-state index in [9.17, 15) is 4.79 Å². The van der Waals surface area contributed by atoms with E-state index in [1.54, 1.807) is 12.4 Å². The van der Waals surface area contributed by atoms with E-state index in [0.717, 1.165) is 34.6 Å². The molecule has 0 bridgehead atoms. The molecule has 148 valence electrons. The fourth-order valence-electron chi connectivity index (χ4n) is 4.52. The second kappa shape index (κ2) is 7.78. The lowest BCUT2D eigenvalue weighted by Crippen LogP contribution is -2.22. The molecule has 0 unspecified atom stereocenters. The lowest BCUT2D eigenvalue weighted by molar-refractivity contribution is -0.120. The molecule has 29 heavy (non-hydrogen) atoms. The van der Waals surface area contributed by atoms with Crippen LogP contribution >= 0.6 is 0 Å². The van der Waals surface area contributed by atoms with Crippen LogP contribution in [0.2, 0.25) is 0 Å². The summed E-state index contributed by atoms with van der Waals surface area (Å²) in [5.74, 6) is 0.563. The summed E-state index contributed by atoms with van der Waals surface area (Å²) in [4.78, 5) is 26.1. The largest absolute Gasteiger partial charge is 0.352 e. The summed E-state index contributed by atoms with van der Waals surface area (Å²) in [6.45, 7) is 0.492. The second-order valence-electron chi connectivity index (χ2n) is 8.03. The van der Waals surface area contributed by atoms with Crippen molar-refractivity contribution in [2.45, 2.75) is 57.4 Å². The maximum absolute atomic E-state index is 12.6. The van der Waals surface area contributed by atoms with E-state index in [0.29, 0.717) is 18.9 Å². The first-order chi connectivity index (χ1) is 14.3. The normalized spacial score (nSPS) is 16.6.